The lowest BCUT2D eigenvalue weighted by Crippen LogP contribution is -2.18. The highest BCUT2D eigenvalue weighted by atomic mass is 35.5. The lowest BCUT2D eigenvalue weighted by Gasteiger charge is -2.11. The van der Waals surface area contributed by atoms with Crippen molar-refractivity contribution >= 4 is 51.4 Å². The van der Waals surface area contributed by atoms with Gasteiger partial charge in [0.1, 0.15) is 5.52 Å². The van der Waals surface area contributed by atoms with Crippen LogP contribution in [0.4, 0.5) is 11.4 Å². The fourth-order valence-corrected chi connectivity index (χ4v) is 2.91. The Morgan fingerprint density at radius 2 is 1.65 bits per heavy atom. The molecule has 0 atom stereocenters. The van der Waals surface area contributed by atoms with Gasteiger partial charge in [0.15, 0.2) is 10.7 Å². The second kappa shape index (κ2) is 7.15. The van der Waals surface area contributed by atoms with Gasteiger partial charge in [0.2, 0.25) is 5.89 Å². The van der Waals surface area contributed by atoms with Crippen molar-refractivity contribution in [1.82, 2.24) is 4.98 Å². The van der Waals surface area contributed by atoms with Crippen LogP contribution in [0.2, 0.25) is 5.02 Å². The number of halogens is 1. The summed E-state index contributed by atoms with van der Waals surface area (Å²) in [7, 11) is 0. The zero-order valence-corrected chi connectivity index (χ0v) is 15.1. The van der Waals surface area contributed by atoms with E-state index in [4.69, 9.17) is 28.2 Å². The van der Waals surface area contributed by atoms with Gasteiger partial charge in [-0.3, -0.25) is 0 Å². The molecule has 0 aliphatic rings. The summed E-state index contributed by atoms with van der Waals surface area (Å²) in [6.45, 7) is 0. The SMILES string of the molecule is S=C(Nc1ccc(Cl)cc1)Nc1cccc(-c2nc3ccccc3o2)c1. The summed E-state index contributed by atoms with van der Waals surface area (Å²) >= 11 is 11.3. The first-order chi connectivity index (χ1) is 12.7. The van der Waals surface area contributed by atoms with Crippen LogP contribution in [-0.2, 0) is 0 Å². The topological polar surface area (TPSA) is 50.1 Å². The van der Waals surface area contributed by atoms with Crippen LogP contribution >= 0.6 is 23.8 Å². The van der Waals surface area contributed by atoms with E-state index >= 15 is 0 Å². The number of anilines is 2. The van der Waals surface area contributed by atoms with Gasteiger partial charge in [-0.15, -0.1) is 0 Å². The number of oxazole rings is 1. The van der Waals surface area contributed by atoms with Crippen LogP contribution in [0, 0.1) is 0 Å². The lowest BCUT2D eigenvalue weighted by atomic mass is 10.2. The number of thiocarbonyl (C=S) groups is 1. The molecule has 0 fully saturated rings. The number of aromatic nitrogens is 1. The van der Waals surface area contributed by atoms with E-state index in [1.165, 1.54) is 0 Å². The van der Waals surface area contributed by atoms with Gasteiger partial charge in [-0.1, -0.05) is 29.8 Å². The third kappa shape index (κ3) is 3.69. The second-order valence-electron chi connectivity index (χ2n) is 5.65. The van der Waals surface area contributed by atoms with E-state index in [1.54, 1.807) is 12.1 Å². The average Bonchev–Trinajstić information content (AvgIpc) is 3.08. The molecule has 0 aliphatic carbocycles. The standard InChI is InChI=1S/C20H14ClN3OS/c21-14-8-10-15(11-9-14)22-20(26)23-16-5-3-4-13(12-16)19-24-17-6-1-2-7-18(17)25-19/h1-12H,(H2,22,23,26). The van der Waals surface area contributed by atoms with Crippen LogP contribution in [0.3, 0.4) is 0 Å². The van der Waals surface area contributed by atoms with Crippen molar-refractivity contribution < 1.29 is 4.42 Å². The molecule has 1 heterocycles. The first-order valence-corrected chi connectivity index (χ1v) is 8.75. The van der Waals surface area contributed by atoms with E-state index in [0.717, 1.165) is 28.0 Å². The van der Waals surface area contributed by atoms with Crippen LogP contribution < -0.4 is 10.6 Å². The predicted molar refractivity (Wildman–Crippen MR) is 111 cm³/mol. The molecule has 0 aliphatic heterocycles. The monoisotopic (exact) mass is 379 g/mol. The Morgan fingerprint density at radius 3 is 2.46 bits per heavy atom. The number of benzene rings is 3. The van der Waals surface area contributed by atoms with E-state index in [0.29, 0.717) is 16.0 Å². The first kappa shape index (κ1) is 16.6. The zero-order chi connectivity index (χ0) is 17.9. The Morgan fingerprint density at radius 1 is 0.885 bits per heavy atom. The second-order valence-corrected chi connectivity index (χ2v) is 6.50. The van der Waals surface area contributed by atoms with Crippen molar-refractivity contribution in [2.45, 2.75) is 0 Å². The number of para-hydroxylation sites is 2. The highest BCUT2D eigenvalue weighted by Crippen LogP contribution is 2.26. The smallest absolute Gasteiger partial charge is 0.227 e. The van der Waals surface area contributed by atoms with Gasteiger partial charge in [0, 0.05) is 22.0 Å². The fourth-order valence-electron chi connectivity index (χ4n) is 2.55. The largest absolute Gasteiger partial charge is 0.436 e. The Labute approximate surface area is 160 Å². The summed E-state index contributed by atoms with van der Waals surface area (Å²) in [4.78, 5) is 4.52. The van der Waals surface area contributed by atoms with Gasteiger partial charge in [0.25, 0.3) is 0 Å². The lowest BCUT2D eigenvalue weighted by molar-refractivity contribution is 0.620. The number of hydrogen-bond donors (Lipinski definition) is 2. The number of fused-ring (bicyclic) bond motifs is 1. The van der Waals surface area contributed by atoms with Crippen molar-refractivity contribution in [2.24, 2.45) is 0 Å². The average molecular weight is 380 g/mol. The maximum Gasteiger partial charge on any atom is 0.227 e. The number of nitrogens with one attached hydrogen (secondary N) is 2. The van der Waals surface area contributed by atoms with Gasteiger partial charge in [-0.05, 0) is 66.8 Å². The van der Waals surface area contributed by atoms with Crippen LogP contribution in [0.25, 0.3) is 22.6 Å². The van der Waals surface area contributed by atoms with Crippen molar-refractivity contribution in [1.29, 1.82) is 0 Å². The molecule has 0 amide bonds. The molecule has 1 aromatic heterocycles. The zero-order valence-electron chi connectivity index (χ0n) is 13.6. The summed E-state index contributed by atoms with van der Waals surface area (Å²) < 4.78 is 5.82. The van der Waals surface area contributed by atoms with Gasteiger partial charge in [0.05, 0.1) is 0 Å². The number of rotatable bonds is 3. The van der Waals surface area contributed by atoms with E-state index in [1.807, 2.05) is 60.7 Å². The molecule has 26 heavy (non-hydrogen) atoms. The molecule has 0 saturated heterocycles. The molecule has 0 saturated carbocycles. The molecule has 0 spiro atoms. The van der Waals surface area contributed by atoms with Gasteiger partial charge < -0.3 is 15.1 Å². The van der Waals surface area contributed by atoms with Crippen molar-refractivity contribution in [2.75, 3.05) is 10.6 Å². The summed E-state index contributed by atoms with van der Waals surface area (Å²) in [6.07, 6.45) is 0. The molecule has 3 aromatic carbocycles. The minimum absolute atomic E-state index is 0.488. The van der Waals surface area contributed by atoms with Gasteiger partial charge >= 0.3 is 0 Å². The van der Waals surface area contributed by atoms with E-state index in [9.17, 15) is 0 Å². The third-order valence-electron chi connectivity index (χ3n) is 3.76. The molecule has 4 rings (SSSR count). The molecule has 0 radical (unpaired) electrons. The highest BCUT2D eigenvalue weighted by molar-refractivity contribution is 7.80. The highest BCUT2D eigenvalue weighted by Gasteiger charge is 2.08. The van der Waals surface area contributed by atoms with Gasteiger partial charge in [-0.25, -0.2) is 4.98 Å². The number of hydrogen-bond acceptors (Lipinski definition) is 3. The first-order valence-electron chi connectivity index (χ1n) is 7.97. The molecular weight excluding hydrogens is 366 g/mol. The van der Waals surface area contributed by atoms with Crippen molar-refractivity contribution in [3.63, 3.8) is 0 Å². The molecule has 128 valence electrons. The molecule has 0 bridgehead atoms. The molecule has 4 nitrogen and oxygen atoms in total. The molecule has 0 unspecified atom stereocenters. The van der Waals surface area contributed by atoms with E-state index in [2.05, 4.69) is 15.6 Å². The summed E-state index contributed by atoms with van der Waals surface area (Å²) in [5.74, 6) is 0.575. The Bertz CT molecular complexity index is 1040. The van der Waals surface area contributed by atoms with Crippen LogP contribution in [0.1, 0.15) is 0 Å². The molecule has 2 N–H and O–H groups in total. The predicted octanol–water partition coefficient (Wildman–Crippen LogP) is 5.96. The van der Waals surface area contributed by atoms with E-state index in [-0.39, 0.29) is 0 Å². The minimum atomic E-state index is 0.488. The van der Waals surface area contributed by atoms with Crippen LogP contribution in [0.5, 0.6) is 0 Å². The maximum absolute atomic E-state index is 5.89. The fraction of sp³-hybridized carbons (Fsp3) is 0. The summed E-state index contributed by atoms with van der Waals surface area (Å²) in [5, 5.41) is 7.46. The maximum atomic E-state index is 5.89. The summed E-state index contributed by atoms with van der Waals surface area (Å²) in [5.41, 5.74) is 4.18. The van der Waals surface area contributed by atoms with Crippen molar-refractivity contribution in [3.05, 3.63) is 77.8 Å². The molecular formula is C20H14ClN3OS. The molecule has 4 aromatic rings. The van der Waals surface area contributed by atoms with Crippen LogP contribution in [-0.4, -0.2) is 10.1 Å². The Kier molecular flexibility index (Phi) is 4.56. The Balaban J connectivity index is 1.51. The quantitative estimate of drug-likeness (QED) is 0.430. The van der Waals surface area contributed by atoms with Crippen molar-refractivity contribution in [3.8, 4) is 11.5 Å². The normalized spacial score (nSPS) is 10.7. The minimum Gasteiger partial charge on any atom is -0.436 e. The van der Waals surface area contributed by atoms with Crippen LogP contribution in [0.15, 0.2) is 77.2 Å². The summed E-state index contributed by atoms with van der Waals surface area (Å²) in [6, 6.07) is 22.8. The number of nitrogens with zero attached hydrogens (tertiary/aromatic N) is 1. The molecule has 6 heteroatoms. The third-order valence-corrected chi connectivity index (χ3v) is 4.22. The van der Waals surface area contributed by atoms with E-state index < -0.39 is 0 Å². The Hall–Kier alpha value is -2.89. The van der Waals surface area contributed by atoms with Gasteiger partial charge in [-0.2, -0.15) is 0 Å².